The third-order valence-electron chi connectivity index (χ3n) is 3.17. The average molecular weight is 259 g/mol. The first-order chi connectivity index (χ1) is 8.19. The van der Waals surface area contributed by atoms with Crippen molar-refractivity contribution >= 4 is 11.6 Å². The summed E-state index contributed by atoms with van der Waals surface area (Å²) in [5.41, 5.74) is 0.680. The zero-order chi connectivity index (χ0) is 12.4. The topological polar surface area (TPSA) is 47.3 Å². The first-order valence-corrected chi connectivity index (χ1v) is 6.57. The van der Waals surface area contributed by atoms with Gasteiger partial charge in [0.25, 0.3) is 0 Å². The molecule has 0 aromatic carbocycles. The molecule has 1 saturated carbocycles. The third kappa shape index (κ3) is 2.64. The van der Waals surface area contributed by atoms with Gasteiger partial charge in [0.2, 0.25) is 0 Å². The monoisotopic (exact) mass is 258 g/mol. The van der Waals surface area contributed by atoms with Gasteiger partial charge in [0.05, 0.1) is 23.0 Å². The Bertz CT molecular complexity index is 377. The second kappa shape index (κ2) is 5.38. The van der Waals surface area contributed by atoms with Gasteiger partial charge in [0.1, 0.15) is 6.10 Å². The number of rotatable bonds is 6. The van der Waals surface area contributed by atoms with Crippen LogP contribution >= 0.6 is 11.6 Å². The van der Waals surface area contributed by atoms with E-state index in [1.165, 1.54) is 0 Å². The molecule has 1 aliphatic carbocycles. The molecule has 1 aromatic rings. The van der Waals surface area contributed by atoms with Gasteiger partial charge in [-0.1, -0.05) is 11.6 Å². The minimum Gasteiger partial charge on any atom is -0.384 e. The van der Waals surface area contributed by atoms with Crippen molar-refractivity contribution in [3.63, 3.8) is 0 Å². The van der Waals surface area contributed by atoms with Gasteiger partial charge in [0, 0.05) is 13.2 Å². The van der Waals surface area contributed by atoms with Gasteiger partial charge in [-0.2, -0.15) is 5.10 Å². The van der Waals surface area contributed by atoms with Gasteiger partial charge in [-0.05, 0) is 32.6 Å². The second-order valence-corrected chi connectivity index (χ2v) is 4.80. The number of aromatic nitrogens is 2. The summed E-state index contributed by atoms with van der Waals surface area (Å²) in [5, 5.41) is 15.1. The maximum absolute atomic E-state index is 10.4. The van der Waals surface area contributed by atoms with Crippen LogP contribution in [0.1, 0.15) is 38.5 Å². The van der Waals surface area contributed by atoms with Crippen molar-refractivity contribution in [2.75, 3.05) is 6.61 Å². The van der Waals surface area contributed by atoms with E-state index in [1.54, 1.807) is 10.9 Å². The number of aliphatic hydroxyl groups excluding tert-OH is 1. The molecule has 2 unspecified atom stereocenters. The van der Waals surface area contributed by atoms with Crippen LogP contribution in [-0.4, -0.2) is 27.6 Å². The van der Waals surface area contributed by atoms with E-state index in [0.717, 1.165) is 12.8 Å². The van der Waals surface area contributed by atoms with E-state index in [0.29, 0.717) is 29.8 Å². The summed E-state index contributed by atoms with van der Waals surface area (Å²) >= 11 is 6.09. The summed E-state index contributed by atoms with van der Waals surface area (Å²) in [6.07, 6.45) is 3.00. The molecule has 1 aromatic heterocycles. The Labute approximate surface area is 107 Å². The van der Waals surface area contributed by atoms with E-state index in [-0.39, 0.29) is 6.10 Å². The normalized spacial score (nSPS) is 19.3. The van der Waals surface area contributed by atoms with Crippen molar-refractivity contribution in [1.29, 1.82) is 0 Å². The Balaban J connectivity index is 2.21. The molecule has 17 heavy (non-hydrogen) atoms. The van der Waals surface area contributed by atoms with E-state index in [1.807, 2.05) is 13.8 Å². The third-order valence-corrected chi connectivity index (χ3v) is 3.46. The molecule has 1 aliphatic rings. The van der Waals surface area contributed by atoms with Gasteiger partial charge in [-0.15, -0.1) is 0 Å². The maximum atomic E-state index is 10.4. The lowest BCUT2D eigenvalue weighted by Crippen LogP contribution is -2.27. The van der Waals surface area contributed by atoms with E-state index < -0.39 is 6.10 Å². The van der Waals surface area contributed by atoms with Crippen molar-refractivity contribution in [2.45, 2.75) is 45.4 Å². The van der Waals surface area contributed by atoms with Crippen LogP contribution in [-0.2, 0) is 11.3 Å². The number of ether oxygens (including phenoxy) is 1. The molecule has 1 heterocycles. The molecule has 0 bridgehead atoms. The van der Waals surface area contributed by atoms with E-state index in [4.69, 9.17) is 16.3 Å². The summed E-state index contributed by atoms with van der Waals surface area (Å²) in [4.78, 5) is 0. The number of hydrogen-bond acceptors (Lipinski definition) is 3. The van der Waals surface area contributed by atoms with Crippen LogP contribution in [0, 0.1) is 5.92 Å². The molecular formula is C12H19ClN2O2. The zero-order valence-electron chi connectivity index (χ0n) is 10.3. The Kier molecular flexibility index (Phi) is 4.07. The molecule has 4 nitrogen and oxygen atoms in total. The highest BCUT2D eigenvalue weighted by Crippen LogP contribution is 2.41. The van der Waals surface area contributed by atoms with Crippen LogP contribution < -0.4 is 0 Å². The average Bonchev–Trinajstić information content (AvgIpc) is 3.08. The van der Waals surface area contributed by atoms with Gasteiger partial charge >= 0.3 is 0 Å². The minimum absolute atomic E-state index is 0.153. The molecule has 0 aliphatic heterocycles. The number of halogens is 1. The van der Waals surface area contributed by atoms with Gasteiger partial charge < -0.3 is 9.84 Å². The van der Waals surface area contributed by atoms with Crippen molar-refractivity contribution in [3.8, 4) is 0 Å². The lowest BCUT2D eigenvalue weighted by molar-refractivity contribution is -0.0495. The number of aryl methyl sites for hydroxylation is 1. The molecule has 1 N–H and O–H groups in total. The summed E-state index contributed by atoms with van der Waals surface area (Å²) < 4.78 is 7.39. The fraction of sp³-hybridized carbons (Fsp3) is 0.750. The lowest BCUT2D eigenvalue weighted by atomic mass is 10.1. The molecule has 0 radical (unpaired) electrons. The summed E-state index contributed by atoms with van der Waals surface area (Å²) in [6.45, 7) is 5.23. The molecule has 0 spiro atoms. The van der Waals surface area contributed by atoms with Crippen molar-refractivity contribution in [2.24, 2.45) is 5.92 Å². The fourth-order valence-corrected chi connectivity index (χ4v) is 2.43. The molecule has 5 heteroatoms. The largest absolute Gasteiger partial charge is 0.384 e. The maximum Gasteiger partial charge on any atom is 0.123 e. The highest BCUT2D eigenvalue weighted by molar-refractivity contribution is 6.31. The van der Waals surface area contributed by atoms with E-state index in [2.05, 4.69) is 5.10 Å². The predicted molar refractivity (Wildman–Crippen MR) is 66.0 cm³/mol. The van der Waals surface area contributed by atoms with Crippen molar-refractivity contribution in [1.82, 2.24) is 9.78 Å². The Morgan fingerprint density at radius 3 is 2.82 bits per heavy atom. The number of nitrogens with zero attached hydrogens (tertiary/aromatic N) is 2. The van der Waals surface area contributed by atoms with Gasteiger partial charge in [-0.25, -0.2) is 0 Å². The highest BCUT2D eigenvalue weighted by Gasteiger charge is 2.39. The van der Waals surface area contributed by atoms with Gasteiger partial charge in [-0.3, -0.25) is 4.68 Å². The van der Waals surface area contributed by atoms with Gasteiger partial charge in [0.15, 0.2) is 0 Å². The predicted octanol–water partition coefficient (Wildman–Crippen LogP) is 2.40. The minimum atomic E-state index is -0.683. The number of hydrogen-bond donors (Lipinski definition) is 1. The summed E-state index contributed by atoms with van der Waals surface area (Å²) in [5.74, 6) is 0.459. The fourth-order valence-electron chi connectivity index (χ4n) is 2.18. The van der Waals surface area contributed by atoms with Crippen molar-refractivity contribution in [3.05, 3.63) is 16.9 Å². The highest BCUT2D eigenvalue weighted by atomic mass is 35.5. The molecule has 0 saturated heterocycles. The van der Waals surface area contributed by atoms with Crippen LogP contribution in [0.4, 0.5) is 0 Å². The van der Waals surface area contributed by atoms with E-state index >= 15 is 0 Å². The molecule has 2 atom stereocenters. The summed E-state index contributed by atoms with van der Waals surface area (Å²) in [6, 6.07) is 0. The second-order valence-electron chi connectivity index (χ2n) is 4.40. The quantitative estimate of drug-likeness (QED) is 0.852. The van der Waals surface area contributed by atoms with Crippen LogP contribution in [0.2, 0.25) is 5.02 Å². The molecule has 1 fully saturated rings. The Morgan fingerprint density at radius 1 is 1.59 bits per heavy atom. The summed E-state index contributed by atoms with van der Waals surface area (Å²) in [7, 11) is 0. The zero-order valence-corrected chi connectivity index (χ0v) is 11.0. The number of aliphatic hydroxyl groups is 1. The lowest BCUT2D eigenvalue weighted by Gasteiger charge is -2.23. The Morgan fingerprint density at radius 2 is 2.29 bits per heavy atom. The molecule has 96 valence electrons. The molecule has 0 amide bonds. The van der Waals surface area contributed by atoms with Crippen LogP contribution in [0.25, 0.3) is 0 Å². The van der Waals surface area contributed by atoms with Crippen LogP contribution in [0.3, 0.4) is 0 Å². The first-order valence-electron chi connectivity index (χ1n) is 6.19. The standard InChI is InChI=1S/C12H19ClN2O2/c1-3-15-10(9(13)7-14-15)11(16)12(17-4-2)8-5-6-8/h7-8,11-12,16H,3-6H2,1-2H3. The van der Waals surface area contributed by atoms with Crippen molar-refractivity contribution < 1.29 is 9.84 Å². The van der Waals surface area contributed by atoms with E-state index in [9.17, 15) is 5.11 Å². The van der Waals surface area contributed by atoms with Crippen LogP contribution in [0.15, 0.2) is 6.20 Å². The first kappa shape index (κ1) is 12.9. The van der Waals surface area contributed by atoms with Crippen LogP contribution in [0.5, 0.6) is 0 Å². The Hall–Kier alpha value is -0.580. The molecular weight excluding hydrogens is 240 g/mol. The smallest absolute Gasteiger partial charge is 0.123 e. The molecule has 2 rings (SSSR count). The SMILES string of the molecule is CCOC(C1CC1)C(O)c1c(Cl)cnn1CC.